The maximum absolute atomic E-state index is 8.00. The summed E-state index contributed by atoms with van der Waals surface area (Å²) in [6, 6.07) is 0.263. The number of nitrogens with two attached hydrogens (primary N) is 2. The molecule has 15 nitrogen and oxygen atoms in total. The molecule has 6 rings (SSSR count). The molecular weight excluding hydrogens is 1790 g/mol. The fraction of sp³-hybridized carbons (Fsp3) is 0.500. The molecule has 6 N–H and O–H groups in total. The van der Waals surface area contributed by atoms with Gasteiger partial charge in [0.25, 0.3) is 0 Å². The number of fused-ring (bicyclic) bond motifs is 2. The van der Waals surface area contributed by atoms with Crippen molar-refractivity contribution >= 4 is 45.6 Å². The van der Waals surface area contributed by atoms with E-state index in [-0.39, 0.29) is 263 Å². The summed E-state index contributed by atoms with van der Waals surface area (Å²) in [4.78, 5) is 25.1. The Morgan fingerprint density at radius 2 is 1.18 bits per heavy atom. The van der Waals surface area contributed by atoms with Crippen molar-refractivity contribution in [2.45, 2.75) is 63.8 Å². The molecule has 0 bridgehead atoms. The average molecular weight is 1830 g/mol. The number of hydrogen-bond acceptors (Lipinski definition) is 13. The standard InChI is InChI=1S/C14H19N5O2.C10H12ClN5O.C4H8O.Na.H2O.5V.5W/c1-2-3-7-21-14-17-12(15)11-13(18-14)19(9-16-11)10-6-4-5-8-20-10;11-10-14-8(12)7-9(15-10)16(5-13-7)6-3-1-2-4-17-6;1-2-3-4-5;;;;;;;;;;;;/h2,9-10H,1,3-8H2,(H2,15,17,18);5-6H,1-4H2,(H2,12,14,15);2,5H,1,3-4H2;;1H2;;;;;;;;;;/q;;;+1;;;;;;;;;;;/p-1. The molecule has 2 unspecified atom stereocenters. The minimum Gasteiger partial charge on any atom is -0.870 e. The predicted octanol–water partition coefficient (Wildman–Crippen LogP) is 1.18. The smallest absolute Gasteiger partial charge is 0.870 e. The van der Waals surface area contributed by atoms with Gasteiger partial charge in [0.2, 0.25) is 5.28 Å². The maximum Gasteiger partial charge on any atom is 1.00 e. The van der Waals surface area contributed by atoms with Crippen LogP contribution in [0.2, 0.25) is 5.28 Å². The van der Waals surface area contributed by atoms with Crippen LogP contribution in [0.4, 0.5) is 11.6 Å². The molecule has 0 aromatic carbocycles. The fourth-order valence-corrected chi connectivity index (χ4v) is 4.70. The van der Waals surface area contributed by atoms with E-state index in [9.17, 15) is 0 Å². The molecule has 0 aliphatic carbocycles. The molecule has 27 heteroatoms. The van der Waals surface area contributed by atoms with Crippen molar-refractivity contribution in [2.75, 3.05) is 37.9 Å². The Kier molecular flexibility index (Phi) is 63.3. The first-order valence-corrected chi connectivity index (χ1v) is 14.7. The molecule has 4 aromatic heterocycles. The molecular formula is C28H40ClN10NaO5V5W5. The quantitative estimate of drug-likeness (QED) is 0.0980. The molecule has 0 spiro atoms. The van der Waals surface area contributed by atoms with Crippen LogP contribution in [0, 0.1) is 0 Å². The Balaban J connectivity index is -0.0000000826. The van der Waals surface area contributed by atoms with Gasteiger partial charge in [-0.25, -0.2) is 9.97 Å². The number of rotatable bonds is 8. The van der Waals surface area contributed by atoms with Crippen LogP contribution < -0.4 is 45.8 Å². The summed E-state index contributed by atoms with van der Waals surface area (Å²) in [5, 5.41) is 8.13. The number of aliphatic hydroxyl groups excluding tert-OH is 1. The van der Waals surface area contributed by atoms with Gasteiger partial charge in [-0.3, -0.25) is 9.13 Å². The third kappa shape index (κ3) is 24.8. The molecule has 6 heterocycles. The molecule has 0 saturated carbocycles. The third-order valence-electron chi connectivity index (χ3n) is 6.67. The largest absolute Gasteiger partial charge is 1.00 e. The van der Waals surface area contributed by atoms with E-state index in [0.29, 0.717) is 47.0 Å². The SMILES string of the molecule is C=CCCO.C=CCCOc1nc(N)c2ncn(C3CCCCO3)c2n1.Nc1nc(Cl)nc2c1ncn2C1CCCCO1.[Na+].[OH-].[V].[V].[V].[V].[V].[W].[W].[W].[W].[W]. The molecule has 2 fully saturated rings. The minimum absolute atomic E-state index is 0. The zero-order chi connectivity index (χ0) is 30.6. The Morgan fingerprint density at radius 1 is 0.745 bits per heavy atom. The average Bonchev–Trinajstić information content (AvgIpc) is 3.65. The van der Waals surface area contributed by atoms with Gasteiger partial charge in [0, 0.05) is 218 Å². The first-order chi connectivity index (χ1) is 21.0. The summed E-state index contributed by atoms with van der Waals surface area (Å²) in [5.74, 6) is 0.623. The van der Waals surface area contributed by atoms with Gasteiger partial charge in [0.05, 0.1) is 19.3 Å². The monoisotopic (exact) mass is 1830 g/mol. The summed E-state index contributed by atoms with van der Waals surface area (Å²) in [7, 11) is 0. The number of halogens is 1. The number of imidazole rings is 2. The van der Waals surface area contributed by atoms with E-state index in [4.69, 9.17) is 42.4 Å². The van der Waals surface area contributed by atoms with Crippen molar-refractivity contribution in [3.63, 3.8) is 0 Å². The summed E-state index contributed by atoms with van der Waals surface area (Å²) in [6.07, 6.45) is 14.6. The maximum atomic E-state index is 8.00. The van der Waals surface area contributed by atoms with Gasteiger partial charge in [-0.05, 0) is 63.0 Å². The van der Waals surface area contributed by atoms with Crippen molar-refractivity contribution < 1.29 is 252 Å². The van der Waals surface area contributed by atoms with E-state index in [1.165, 1.54) is 0 Å². The molecule has 2 atom stereocenters. The zero-order valence-electron chi connectivity index (χ0n) is 29.9. The van der Waals surface area contributed by atoms with Crippen molar-refractivity contribution in [3.8, 4) is 6.01 Å². The van der Waals surface area contributed by atoms with E-state index in [0.717, 1.165) is 58.2 Å². The van der Waals surface area contributed by atoms with E-state index in [1.807, 2.05) is 9.13 Å². The van der Waals surface area contributed by atoms with Gasteiger partial charge in [0.15, 0.2) is 28.4 Å². The number of nitrogens with zero attached hydrogens (tertiary/aromatic N) is 8. The molecule has 2 saturated heterocycles. The summed E-state index contributed by atoms with van der Waals surface area (Å²) in [6.45, 7) is 9.26. The van der Waals surface area contributed by atoms with E-state index >= 15 is 0 Å². The molecule has 295 valence electrons. The van der Waals surface area contributed by atoms with Crippen LogP contribution in [0.25, 0.3) is 22.3 Å². The van der Waals surface area contributed by atoms with Crippen LogP contribution in [-0.2, 0) is 208 Å². The number of anilines is 2. The third-order valence-corrected chi connectivity index (χ3v) is 6.84. The summed E-state index contributed by atoms with van der Waals surface area (Å²) < 4.78 is 20.7. The van der Waals surface area contributed by atoms with E-state index in [1.54, 1.807) is 24.8 Å². The van der Waals surface area contributed by atoms with Crippen LogP contribution in [-0.4, -0.2) is 76.0 Å². The van der Waals surface area contributed by atoms with Crippen molar-refractivity contribution in [2.24, 2.45) is 0 Å². The van der Waals surface area contributed by atoms with Gasteiger partial charge in [-0.2, -0.15) is 19.9 Å². The number of ether oxygens (including phenoxy) is 3. The molecule has 0 amide bonds. The van der Waals surface area contributed by atoms with Crippen LogP contribution in [0.5, 0.6) is 6.01 Å². The molecule has 4 aromatic rings. The number of hydrogen-bond donors (Lipinski definition) is 3. The van der Waals surface area contributed by atoms with Crippen LogP contribution in [0.15, 0.2) is 38.0 Å². The number of nitrogen functional groups attached to an aromatic ring is 2. The fourth-order valence-electron chi connectivity index (χ4n) is 4.53. The first-order valence-electron chi connectivity index (χ1n) is 14.3. The molecule has 5 radical (unpaired) electrons. The second kappa shape index (κ2) is 44.1. The van der Waals surface area contributed by atoms with Gasteiger partial charge >= 0.3 is 35.6 Å². The van der Waals surface area contributed by atoms with Crippen molar-refractivity contribution in [1.82, 2.24) is 39.0 Å². The second-order valence-electron chi connectivity index (χ2n) is 9.79. The summed E-state index contributed by atoms with van der Waals surface area (Å²) in [5.41, 5.74) is 14.1. The van der Waals surface area contributed by atoms with Gasteiger partial charge in [-0.1, -0.05) is 12.2 Å². The first kappa shape index (κ1) is 78.9. The van der Waals surface area contributed by atoms with Crippen LogP contribution >= 0.6 is 11.6 Å². The van der Waals surface area contributed by atoms with Gasteiger partial charge in [0.1, 0.15) is 18.0 Å². The Hall–Kier alpha value is 3.47. The number of aromatic nitrogens is 8. The zero-order valence-corrected chi connectivity index (χ0v) is 54.3. The molecule has 2 aliphatic rings. The van der Waals surface area contributed by atoms with E-state index in [2.05, 4.69) is 43.1 Å². The van der Waals surface area contributed by atoms with Gasteiger partial charge < -0.3 is 36.3 Å². The predicted molar refractivity (Wildman–Crippen MR) is 166 cm³/mol. The number of aliphatic hydroxyl groups is 1. The molecule has 55 heavy (non-hydrogen) atoms. The topological polar surface area (TPSA) is 217 Å². The Bertz CT molecular complexity index is 1540. The second-order valence-corrected chi connectivity index (χ2v) is 10.1. The van der Waals surface area contributed by atoms with Crippen molar-refractivity contribution in [3.05, 3.63) is 43.2 Å². The van der Waals surface area contributed by atoms with Crippen molar-refractivity contribution in [1.29, 1.82) is 0 Å². The van der Waals surface area contributed by atoms with E-state index < -0.39 is 0 Å². The molecule has 2 aliphatic heterocycles. The van der Waals surface area contributed by atoms with Gasteiger partial charge in [-0.15, -0.1) is 13.2 Å². The normalized spacial score (nSPS) is 14.3. The Labute approximate surface area is 480 Å². The summed E-state index contributed by atoms with van der Waals surface area (Å²) >= 11 is 5.81. The van der Waals surface area contributed by atoms with Crippen LogP contribution in [0.1, 0.15) is 63.8 Å². The Morgan fingerprint density at radius 3 is 1.56 bits per heavy atom. The van der Waals surface area contributed by atoms with Crippen LogP contribution in [0.3, 0.4) is 0 Å². The minimum atomic E-state index is -0.0425.